The number of alkyl halides is 1. The van der Waals surface area contributed by atoms with Gasteiger partial charge in [0.05, 0.1) is 0 Å². The summed E-state index contributed by atoms with van der Waals surface area (Å²) in [5.41, 5.74) is 0. The number of rotatable bonds is 3. The van der Waals surface area contributed by atoms with Gasteiger partial charge in [0.1, 0.15) is 6.17 Å². The first-order valence-electron chi connectivity index (χ1n) is 3.94. The maximum Gasteiger partial charge on any atom is 0.328 e. The molecular formula is C8H12FNO2. The number of hydrogen-bond acceptors (Lipinski definition) is 2. The van der Waals surface area contributed by atoms with Gasteiger partial charge in [-0.2, -0.15) is 0 Å². The highest BCUT2D eigenvalue weighted by molar-refractivity contribution is 5.79. The molecule has 0 aromatic heterocycles. The summed E-state index contributed by atoms with van der Waals surface area (Å²) in [4.78, 5) is 12.0. The summed E-state index contributed by atoms with van der Waals surface area (Å²) < 4.78 is 12.6. The number of nitrogens with zero attached hydrogens (tertiary/aromatic N) is 1. The standard InChI is InChI=1S/C8H12FNO2/c9-7-3-5-10(6-7)4-1-2-8(11)12/h1-2,7H,3-6H2,(H,11,12)/t7-/m1/s1. The third-order valence-corrected chi connectivity index (χ3v) is 1.84. The quantitative estimate of drug-likeness (QED) is 0.638. The van der Waals surface area contributed by atoms with Gasteiger partial charge in [0.25, 0.3) is 0 Å². The molecule has 1 aliphatic heterocycles. The lowest BCUT2D eigenvalue weighted by Crippen LogP contribution is -2.20. The maximum atomic E-state index is 12.6. The molecule has 0 aromatic rings. The molecule has 0 aromatic carbocycles. The maximum absolute atomic E-state index is 12.6. The van der Waals surface area contributed by atoms with Gasteiger partial charge in [-0.05, 0) is 6.42 Å². The Morgan fingerprint density at radius 1 is 1.75 bits per heavy atom. The third-order valence-electron chi connectivity index (χ3n) is 1.84. The van der Waals surface area contributed by atoms with Crippen molar-refractivity contribution < 1.29 is 14.3 Å². The van der Waals surface area contributed by atoms with Crippen LogP contribution in [0.25, 0.3) is 0 Å². The summed E-state index contributed by atoms with van der Waals surface area (Å²) in [6.07, 6.45) is 2.47. The summed E-state index contributed by atoms with van der Waals surface area (Å²) in [5, 5.41) is 8.26. The van der Waals surface area contributed by atoms with Crippen molar-refractivity contribution in [1.29, 1.82) is 0 Å². The highest BCUT2D eigenvalue weighted by Crippen LogP contribution is 2.11. The summed E-state index contributed by atoms with van der Waals surface area (Å²) in [6.45, 7) is 1.70. The number of aliphatic carboxylic acids is 1. The van der Waals surface area contributed by atoms with Crippen LogP contribution in [0.4, 0.5) is 4.39 Å². The van der Waals surface area contributed by atoms with Crippen molar-refractivity contribution in [3.63, 3.8) is 0 Å². The van der Waals surface area contributed by atoms with E-state index in [2.05, 4.69) is 0 Å². The number of hydrogen-bond donors (Lipinski definition) is 1. The van der Waals surface area contributed by atoms with Crippen molar-refractivity contribution in [3.8, 4) is 0 Å². The van der Waals surface area contributed by atoms with Crippen molar-refractivity contribution in [2.24, 2.45) is 0 Å². The van der Waals surface area contributed by atoms with Crippen LogP contribution in [-0.4, -0.2) is 41.8 Å². The van der Waals surface area contributed by atoms with E-state index in [-0.39, 0.29) is 0 Å². The van der Waals surface area contributed by atoms with E-state index in [1.54, 1.807) is 6.08 Å². The summed E-state index contributed by atoms with van der Waals surface area (Å²) in [6, 6.07) is 0. The normalized spacial score (nSPS) is 25.2. The molecule has 1 saturated heterocycles. The van der Waals surface area contributed by atoms with E-state index in [4.69, 9.17) is 5.11 Å². The van der Waals surface area contributed by atoms with Gasteiger partial charge in [-0.3, -0.25) is 4.90 Å². The Hall–Kier alpha value is -0.900. The van der Waals surface area contributed by atoms with Crippen LogP contribution in [0.3, 0.4) is 0 Å². The minimum Gasteiger partial charge on any atom is -0.478 e. The van der Waals surface area contributed by atoms with E-state index in [1.165, 1.54) is 0 Å². The molecular weight excluding hydrogens is 161 g/mol. The van der Waals surface area contributed by atoms with E-state index >= 15 is 0 Å². The van der Waals surface area contributed by atoms with Crippen LogP contribution in [0.2, 0.25) is 0 Å². The minimum absolute atomic E-state index is 0.434. The molecule has 4 heteroatoms. The zero-order chi connectivity index (χ0) is 8.97. The number of likely N-dealkylation sites (tertiary alicyclic amines) is 1. The summed E-state index contributed by atoms with van der Waals surface area (Å²) in [7, 11) is 0. The van der Waals surface area contributed by atoms with Crippen molar-refractivity contribution in [3.05, 3.63) is 12.2 Å². The number of halogens is 1. The topological polar surface area (TPSA) is 40.5 Å². The fourth-order valence-electron chi connectivity index (χ4n) is 1.25. The van der Waals surface area contributed by atoms with Gasteiger partial charge in [0.2, 0.25) is 0 Å². The van der Waals surface area contributed by atoms with Crippen LogP contribution in [0.15, 0.2) is 12.2 Å². The highest BCUT2D eigenvalue weighted by atomic mass is 19.1. The van der Waals surface area contributed by atoms with Crippen molar-refractivity contribution >= 4 is 5.97 Å². The van der Waals surface area contributed by atoms with Crippen molar-refractivity contribution in [2.75, 3.05) is 19.6 Å². The van der Waals surface area contributed by atoms with Gasteiger partial charge in [-0.15, -0.1) is 0 Å². The molecule has 0 spiro atoms. The molecule has 68 valence electrons. The molecule has 0 radical (unpaired) electrons. The second kappa shape index (κ2) is 4.21. The smallest absolute Gasteiger partial charge is 0.328 e. The predicted octanol–water partition coefficient (Wildman–Crippen LogP) is 0.671. The second-order valence-corrected chi connectivity index (χ2v) is 2.89. The van der Waals surface area contributed by atoms with Crippen LogP contribution in [0.1, 0.15) is 6.42 Å². The molecule has 1 N–H and O–H groups in total. The monoisotopic (exact) mass is 173 g/mol. The molecule has 0 amide bonds. The Morgan fingerprint density at radius 3 is 3.00 bits per heavy atom. The lowest BCUT2D eigenvalue weighted by molar-refractivity contribution is -0.131. The van der Waals surface area contributed by atoms with Crippen molar-refractivity contribution in [1.82, 2.24) is 4.90 Å². The van der Waals surface area contributed by atoms with E-state index in [0.717, 1.165) is 12.6 Å². The highest BCUT2D eigenvalue weighted by Gasteiger charge is 2.19. The van der Waals surface area contributed by atoms with Gasteiger partial charge in [-0.25, -0.2) is 9.18 Å². The van der Waals surface area contributed by atoms with E-state index < -0.39 is 12.1 Å². The van der Waals surface area contributed by atoms with Crippen LogP contribution in [0.5, 0.6) is 0 Å². The summed E-state index contributed by atoms with van der Waals surface area (Å²) >= 11 is 0. The van der Waals surface area contributed by atoms with Crippen molar-refractivity contribution in [2.45, 2.75) is 12.6 Å². The first-order chi connectivity index (χ1) is 5.68. The van der Waals surface area contributed by atoms with Gasteiger partial charge < -0.3 is 5.11 Å². The van der Waals surface area contributed by atoms with Crippen LogP contribution >= 0.6 is 0 Å². The Labute approximate surface area is 70.5 Å². The summed E-state index contributed by atoms with van der Waals surface area (Å²) in [5.74, 6) is -0.953. The molecule has 0 aliphatic carbocycles. The molecule has 12 heavy (non-hydrogen) atoms. The average Bonchev–Trinajstić information content (AvgIpc) is 2.35. The van der Waals surface area contributed by atoms with Gasteiger partial charge in [-0.1, -0.05) is 6.08 Å². The Balaban J connectivity index is 2.20. The molecule has 3 nitrogen and oxygen atoms in total. The molecule has 1 atom stereocenters. The Kier molecular flexibility index (Phi) is 3.22. The van der Waals surface area contributed by atoms with Gasteiger partial charge >= 0.3 is 5.97 Å². The second-order valence-electron chi connectivity index (χ2n) is 2.89. The average molecular weight is 173 g/mol. The Bertz CT molecular complexity index is 193. The van der Waals surface area contributed by atoms with E-state index in [1.807, 2.05) is 4.90 Å². The first-order valence-corrected chi connectivity index (χ1v) is 3.94. The first kappa shape index (κ1) is 9.19. The lowest BCUT2D eigenvalue weighted by Gasteiger charge is -2.09. The fourth-order valence-corrected chi connectivity index (χ4v) is 1.25. The van der Waals surface area contributed by atoms with Crippen LogP contribution in [0, 0.1) is 0 Å². The number of carboxylic acid groups (broad SMARTS) is 1. The molecule has 1 fully saturated rings. The molecule has 1 heterocycles. The SMILES string of the molecule is O=C(O)C=CCN1CC[C@@H](F)C1. The fraction of sp³-hybridized carbons (Fsp3) is 0.625. The minimum atomic E-state index is -0.953. The lowest BCUT2D eigenvalue weighted by atomic mass is 10.3. The van der Waals surface area contributed by atoms with Crippen LogP contribution in [-0.2, 0) is 4.79 Å². The van der Waals surface area contributed by atoms with Crippen LogP contribution < -0.4 is 0 Å². The molecule has 0 unspecified atom stereocenters. The molecule has 0 saturated carbocycles. The Morgan fingerprint density at radius 2 is 2.50 bits per heavy atom. The number of carbonyl (C=O) groups is 1. The predicted molar refractivity (Wildman–Crippen MR) is 42.7 cm³/mol. The zero-order valence-corrected chi connectivity index (χ0v) is 6.74. The third kappa shape index (κ3) is 3.00. The van der Waals surface area contributed by atoms with Gasteiger partial charge in [0, 0.05) is 25.7 Å². The molecule has 1 rings (SSSR count). The number of carboxylic acids is 1. The van der Waals surface area contributed by atoms with Gasteiger partial charge in [0.15, 0.2) is 0 Å². The zero-order valence-electron chi connectivity index (χ0n) is 6.74. The van der Waals surface area contributed by atoms with E-state index in [0.29, 0.717) is 19.5 Å². The van der Waals surface area contributed by atoms with E-state index in [9.17, 15) is 9.18 Å². The molecule has 1 aliphatic rings. The largest absolute Gasteiger partial charge is 0.478 e. The molecule has 0 bridgehead atoms.